The molecular formula is C28H27N6O4P. The normalized spacial score (nSPS) is 11.5. The van der Waals surface area contributed by atoms with Crippen LogP contribution in [-0.4, -0.2) is 33.6 Å². The second-order valence-electron chi connectivity index (χ2n) is 8.21. The van der Waals surface area contributed by atoms with Crippen LogP contribution in [0, 0.1) is 23.2 Å². The number of para-hydroxylation sites is 3. The van der Waals surface area contributed by atoms with E-state index in [1.165, 1.54) is 4.68 Å². The van der Waals surface area contributed by atoms with Crippen molar-refractivity contribution in [2.45, 2.75) is 25.4 Å². The van der Waals surface area contributed by atoms with Crippen LogP contribution in [0.2, 0.25) is 0 Å². The largest absolute Gasteiger partial charge is 0.495 e. The molecule has 0 saturated carbocycles. The molecular weight excluding hydrogens is 515 g/mol. The molecule has 1 N–H and O–H groups in total. The molecule has 0 aliphatic rings. The number of nitrogens with zero attached hydrogens (tertiary/aromatic N) is 5. The molecule has 0 radical (unpaired) electrons. The fraction of sp³-hybridized carbons (Fsp3) is 0.214. The molecule has 0 aliphatic carbocycles. The molecule has 4 rings (SSSR count). The number of nitriles is 1. The van der Waals surface area contributed by atoms with E-state index in [1.807, 2.05) is 36.4 Å². The maximum atomic E-state index is 14.0. The van der Waals surface area contributed by atoms with Crippen LogP contribution in [-0.2, 0) is 11.1 Å². The summed E-state index contributed by atoms with van der Waals surface area (Å²) < 4.78 is 32.7. The van der Waals surface area contributed by atoms with Gasteiger partial charge in [0, 0.05) is 6.42 Å². The summed E-state index contributed by atoms with van der Waals surface area (Å²) in [6, 6.07) is 26.6. The van der Waals surface area contributed by atoms with Crippen molar-refractivity contribution in [1.82, 2.24) is 25.5 Å². The first kappa shape index (κ1) is 27.4. The van der Waals surface area contributed by atoms with E-state index in [0.717, 1.165) is 5.56 Å². The monoisotopic (exact) mass is 542 g/mol. The Morgan fingerprint density at radius 2 is 1.62 bits per heavy atom. The molecule has 4 aromatic rings. The summed E-state index contributed by atoms with van der Waals surface area (Å²) in [6.07, 6.45) is 0.328. The Morgan fingerprint density at radius 3 is 2.26 bits per heavy atom. The highest BCUT2D eigenvalue weighted by Gasteiger charge is 2.31. The van der Waals surface area contributed by atoms with Crippen LogP contribution in [0.1, 0.15) is 30.3 Å². The predicted molar refractivity (Wildman–Crippen MR) is 145 cm³/mol. The lowest BCUT2D eigenvalue weighted by molar-refractivity contribution is 0.373. The molecule has 3 aromatic carbocycles. The average Bonchev–Trinajstić information content (AvgIpc) is 3.43. The van der Waals surface area contributed by atoms with Gasteiger partial charge in [0.05, 0.1) is 37.7 Å². The Kier molecular flexibility index (Phi) is 9.68. The number of tetrazole rings is 1. The Bertz CT molecular complexity index is 1450. The second-order valence-corrected chi connectivity index (χ2v) is 10.1. The molecule has 1 atom stereocenters. The minimum Gasteiger partial charge on any atom is -0.495 e. The summed E-state index contributed by atoms with van der Waals surface area (Å²) in [5, 5.41) is 24.3. The molecule has 0 saturated heterocycles. The van der Waals surface area contributed by atoms with Gasteiger partial charge in [-0.2, -0.15) is 5.26 Å². The van der Waals surface area contributed by atoms with Crippen LogP contribution in [0.25, 0.3) is 0 Å². The van der Waals surface area contributed by atoms with Gasteiger partial charge in [0.15, 0.2) is 5.82 Å². The van der Waals surface area contributed by atoms with Crippen LogP contribution < -0.4 is 19.1 Å². The van der Waals surface area contributed by atoms with E-state index in [2.05, 4.69) is 38.8 Å². The lowest BCUT2D eigenvalue weighted by Crippen LogP contribution is -2.28. The van der Waals surface area contributed by atoms with Crippen molar-refractivity contribution in [1.29, 1.82) is 5.26 Å². The smallest absolute Gasteiger partial charge is 0.444 e. The maximum Gasteiger partial charge on any atom is 0.444 e. The molecule has 198 valence electrons. The Balaban J connectivity index is 1.60. The summed E-state index contributed by atoms with van der Waals surface area (Å²) >= 11 is 0. The standard InChI is InChI=1S/C28H27N6O4P/c1-36-27-19-9-8-12-23(27)13-10-18-26(28-31-32-33-34(28)21-11-20-29)30-22-39(35,37-24-14-4-2-5-15-24)38-25-16-6-3-7-17-25/h2-9,12,14-17,19,26,30H,11,18,21-22H2,1H3/t26-/m0/s1. The Morgan fingerprint density at radius 1 is 0.974 bits per heavy atom. The SMILES string of the molecule is COc1ccccc1C#CC[C@H](NCP(=O)(Oc1ccccc1)Oc1ccccc1)c1nnnn1CCC#N. The summed E-state index contributed by atoms with van der Waals surface area (Å²) in [7, 11) is -2.18. The van der Waals surface area contributed by atoms with Gasteiger partial charge in [-0.25, -0.2) is 9.25 Å². The number of hydrogen-bond acceptors (Lipinski definition) is 9. The van der Waals surface area contributed by atoms with E-state index in [1.54, 1.807) is 55.6 Å². The van der Waals surface area contributed by atoms with Gasteiger partial charge in [-0.05, 0) is 46.8 Å². The highest BCUT2D eigenvalue weighted by molar-refractivity contribution is 7.54. The molecule has 10 nitrogen and oxygen atoms in total. The Labute approximate surface area is 227 Å². The van der Waals surface area contributed by atoms with Gasteiger partial charge >= 0.3 is 7.60 Å². The molecule has 0 amide bonds. The Hall–Kier alpha value is -4.63. The molecule has 0 unspecified atom stereocenters. The third-order valence-corrected chi connectivity index (χ3v) is 7.00. The number of ether oxygens (including phenoxy) is 1. The van der Waals surface area contributed by atoms with Gasteiger partial charge in [-0.15, -0.1) is 5.10 Å². The van der Waals surface area contributed by atoms with E-state index in [9.17, 15) is 4.57 Å². The molecule has 1 aromatic heterocycles. The van der Waals surface area contributed by atoms with Crippen molar-refractivity contribution < 1.29 is 18.3 Å². The zero-order chi connectivity index (χ0) is 27.3. The maximum absolute atomic E-state index is 14.0. The predicted octanol–water partition coefficient (Wildman–Crippen LogP) is 4.98. The fourth-order valence-electron chi connectivity index (χ4n) is 3.62. The highest BCUT2D eigenvalue weighted by atomic mass is 31.2. The number of methoxy groups -OCH3 is 1. The van der Waals surface area contributed by atoms with Gasteiger partial charge in [-0.3, -0.25) is 5.32 Å². The van der Waals surface area contributed by atoms with Gasteiger partial charge in [-0.1, -0.05) is 60.4 Å². The van der Waals surface area contributed by atoms with E-state index >= 15 is 0 Å². The minimum atomic E-state index is -3.77. The second kappa shape index (κ2) is 13.8. The fourth-order valence-corrected chi connectivity index (χ4v) is 5.11. The van der Waals surface area contributed by atoms with Crippen LogP contribution in [0.5, 0.6) is 17.2 Å². The van der Waals surface area contributed by atoms with Gasteiger partial charge < -0.3 is 13.8 Å². The molecule has 0 spiro atoms. The lowest BCUT2D eigenvalue weighted by atomic mass is 10.1. The zero-order valence-corrected chi connectivity index (χ0v) is 22.2. The number of benzene rings is 3. The van der Waals surface area contributed by atoms with Crippen molar-refractivity contribution >= 4 is 7.60 Å². The average molecular weight is 543 g/mol. The van der Waals surface area contributed by atoms with Gasteiger partial charge in [0.25, 0.3) is 0 Å². The van der Waals surface area contributed by atoms with E-state index < -0.39 is 13.6 Å². The first-order valence-electron chi connectivity index (χ1n) is 12.2. The molecule has 39 heavy (non-hydrogen) atoms. The van der Waals surface area contributed by atoms with Crippen LogP contribution in [0.15, 0.2) is 84.9 Å². The first-order chi connectivity index (χ1) is 19.1. The number of nitrogens with one attached hydrogen (secondary N) is 1. The number of aromatic nitrogens is 4. The van der Waals surface area contributed by atoms with Crippen molar-refractivity contribution in [3.63, 3.8) is 0 Å². The van der Waals surface area contributed by atoms with Crippen molar-refractivity contribution in [3.8, 4) is 35.2 Å². The van der Waals surface area contributed by atoms with Gasteiger partial charge in [0.2, 0.25) is 0 Å². The molecule has 0 fully saturated rings. The lowest BCUT2D eigenvalue weighted by Gasteiger charge is -2.23. The van der Waals surface area contributed by atoms with E-state index in [0.29, 0.717) is 29.6 Å². The van der Waals surface area contributed by atoms with E-state index in [4.69, 9.17) is 19.0 Å². The first-order valence-corrected chi connectivity index (χ1v) is 13.9. The topological polar surface area (TPSA) is 124 Å². The molecule has 0 bridgehead atoms. The number of rotatable bonds is 12. The summed E-state index contributed by atoms with van der Waals surface area (Å²) in [5.74, 6) is 8.19. The van der Waals surface area contributed by atoms with E-state index in [-0.39, 0.29) is 19.1 Å². The minimum absolute atomic E-state index is 0.164. The van der Waals surface area contributed by atoms with Crippen LogP contribution in [0.4, 0.5) is 0 Å². The summed E-state index contributed by atoms with van der Waals surface area (Å²) in [6.45, 7) is 0.301. The van der Waals surface area contributed by atoms with Gasteiger partial charge in [0.1, 0.15) is 23.5 Å². The molecule has 1 heterocycles. The quantitative estimate of drug-likeness (QED) is 0.195. The highest BCUT2D eigenvalue weighted by Crippen LogP contribution is 2.48. The van der Waals surface area contributed by atoms with Crippen molar-refractivity contribution in [2.75, 3.05) is 13.4 Å². The van der Waals surface area contributed by atoms with Crippen molar-refractivity contribution in [2.24, 2.45) is 0 Å². The molecule has 11 heteroatoms. The van der Waals surface area contributed by atoms with Crippen LogP contribution in [0.3, 0.4) is 0 Å². The summed E-state index contributed by atoms with van der Waals surface area (Å²) in [5.41, 5.74) is 0.730. The number of hydrogen-bond donors (Lipinski definition) is 1. The number of aryl methyl sites for hydroxylation is 1. The van der Waals surface area contributed by atoms with Crippen LogP contribution >= 0.6 is 7.60 Å². The van der Waals surface area contributed by atoms with Crippen molar-refractivity contribution in [3.05, 3.63) is 96.3 Å². The third-order valence-electron chi connectivity index (χ3n) is 5.45. The third kappa shape index (κ3) is 7.93. The summed E-state index contributed by atoms with van der Waals surface area (Å²) in [4.78, 5) is 0. The zero-order valence-electron chi connectivity index (χ0n) is 21.3. The molecule has 0 aliphatic heterocycles.